The first-order chi connectivity index (χ1) is 10.4. The Kier molecular flexibility index (Phi) is 6.00. The first kappa shape index (κ1) is 19.7. The SMILES string of the molecule is CC(C)(C)CN(CCC#N)S(=O)(=O)c1ccc(C(C)(C)C)cc1. The van der Waals surface area contributed by atoms with Crippen LogP contribution in [0.5, 0.6) is 0 Å². The number of nitrogens with zero attached hydrogens (tertiary/aromatic N) is 2. The zero-order valence-corrected chi connectivity index (χ0v) is 15.9. The number of benzene rings is 1. The van der Waals surface area contributed by atoms with E-state index >= 15 is 0 Å². The van der Waals surface area contributed by atoms with Crippen LogP contribution in [0.25, 0.3) is 0 Å². The molecule has 1 aromatic carbocycles. The van der Waals surface area contributed by atoms with Gasteiger partial charge in [0.15, 0.2) is 0 Å². The predicted octanol–water partition coefficient (Wildman–Crippen LogP) is 3.93. The zero-order valence-electron chi connectivity index (χ0n) is 15.0. The smallest absolute Gasteiger partial charge is 0.207 e. The van der Waals surface area contributed by atoms with E-state index in [4.69, 9.17) is 5.26 Å². The molecule has 0 aliphatic heterocycles. The Labute approximate surface area is 141 Å². The van der Waals surface area contributed by atoms with Gasteiger partial charge in [-0.2, -0.15) is 9.57 Å². The van der Waals surface area contributed by atoms with Crippen LogP contribution in [-0.2, 0) is 15.4 Å². The van der Waals surface area contributed by atoms with Gasteiger partial charge in [0.2, 0.25) is 10.0 Å². The topological polar surface area (TPSA) is 61.2 Å². The van der Waals surface area contributed by atoms with E-state index in [-0.39, 0.29) is 28.7 Å². The second kappa shape index (κ2) is 7.02. The molecule has 0 amide bonds. The van der Waals surface area contributed by atoms with E-state index in [1.165, 1.54) is 4.31 Å². The van der Waals surface area contributed by atoms with Gasteiger partial charge in [-0.15, -0.1) is 0 Å². The Bertz CT molecular complexity index is 657. The third-order valence-electron chi connectivity index (χ3n) is 3.48. The second-order valence-electron chi connectivity index (χ2n) is 8.08. The van der Waals surface area contributed by atoms with Crippen molar-refractivity contribution in [1.29, 1.82) is 5.26 Å². The van der Waals surface area contributed by atoms with Gasteiger partial charge in [0.1, 0.15) is 0 Å². The van der Waals surface area contributed by atoms with Crippen LogP contribution < -0.4 is 0 Å². The molecule has 1 aromatic rings. The minimum Gasteiger partial charge on any atom is -0.207 e. The third-order valence-corrected chi connectivity index (χ3v) is 5.34. The standard InChI is InChI=1S/C18H28N2O2S/c1-17(2,3)14-20(13-7-12-19)23(21,22)16-10-8-15(9-11-16)18(4,5)6/h8-11H,7,13-14H2,1-6H3. The van der Waals surface area contributed by atoms with Crippen molar-refractivity contribution in [3.63, 3.8) is 0 Å². The fourth-order valence-corrected chi connectivity index (χ4v) is 3.93. The summed E-state index contributed by atoms with van der Waals surface area (Å²) in [5.74, 6) is 0. The van der Waals surface area contributed by atoms with Gasteiger partial charge in [0.05, 0.1) is 11.0 Å². The highest BCUT2D eigenvalue weighted by Crippen LogP contribution is 2.26. The normalized spacial score (nSPS) is 13.1. The molecule has 0 fully saturated rings. The minimum atomic E-state index is -3.59. The van der Waals surface area contributed by atoms with Crippen molar-refractivity contribution >= 4 is 10.0 Å². The molecule has 5 heteroatoms. The molecule has 128 valence electrons. The molecule has 0 heterocycles. The van der Waals surface area contributed by atoms with Crippen LogP contribution >= 0.6 is 0 Å². The largest absolute Gasteiger partial charge is 0.243 e. The Morgan fingerprint density at radius 1 is 1.04 bits per heavy atom. The van der Waals surface area contributed by atoms with Crippen molar-refractivity contribution < 1.29 is 8.42 Å². The van der Waals surface area contributed by atoms with Crippen LogP contribution in [0, 0.1) is 16.7 Å². The summed E-state index contributed by atoms with van der Waals surface area (Å²) in [4.78, 5) is 0.285. The van der Waals surface area contributed by atoms with Crippen molar-refractivity contribution in [3.05, 3.63) is 29.8 Å². The van der Waals surface area contributed by atoms with Crippen LogP contribution in [0.15, 0.2) is 29.2 Å². The number of hydrogen-bond donors (Lipinski definition) is 0. The molecule has 0 bridgehead atoms. The molecule has 0 spiro atoms. The number of nitriles is 1. The maximum absolute atomic E-state index is 12.9. The van der Waals surface area contributed by atoms with Gasteiger partial charge in [-0.05, 0) is 28.5 Å². The van der Waals surface area contributed by atoms with Gasteiger partial charge in [0, 0.05) is 19.5 Å². The Morgan fingerprint density at radius 3 is 1.96 bits per heavy atom. The van der Waals surface area contributed by atoms with E-state index in [0.717, 1.165) is 5.56 Å². The van der Waals surface area contributed by atoms with Crippen molar-refractivity contribution in [2.45, 2.75) is 58.3 Å². The molecule has 0 saturated heterocycles. The molecular weight excluding hydrogens is 308 g/mol. The maximum Gasteiger partial charge on any atom is 0.243 e. The summed E-state index contributed by atoms with van der Waals surface area (Å²) in [7, 11) is -3.59. The highest BCUT2D eigenvalue weighted by molar-refractivity contribution is 7.89. The molecule has 23 heavy (non-hydrogen) atoms. The van der Waals surface area contributed by atoms with Gasteiger partial charge in [0.25, 0.3) is 0 Å². The summed E-state index contributed by atoms with van der Waals surface area (Å²) in [6.45, 7) is 12.9. The molecule has 0 aliphatic rings. The summed E-state index contributed by atoms with van der Waals surface area (Å²) in [6, 6.07) is 9.09. The quantitative estimate of drug-likeness (QED) is 0.818. The maximum atomic E-state index is 12.9. The van der Waals surface area contributed by atoms with Crippen LogP contribution in [0.1, 0.15) is 53.5 Å². The van der Waals surface area contributed by atoms with Crippen molar-refractivity contribution in [2.75, 3.05) is 13.1 Å². The van der Waals surface area contributed by atoms with E-state index < -0.39 is 10.0 Å². The van der Waals surface area contributed by atoms with E-state index in [9.17, 15) is 8.42 Å². The molecule has 4 nitrogen and oxygen atoms in total. The van der Waals surface area contributed by atoms with Gasteiger partial charge in [-0.1, -0.05) is 53.7 Å². The second-order valence-corrected chi connectivity index (χ2v) is 10.0. The summed E-state index contributed by atoms with van der Waals surface area (Å²) in [5.41, 5.74) is 0.901. The summed E-state index contributed by atoms with van der Waals surface area (Å²) < 4.78 is 27.2. The van der Waals surface area contributed by atoms with Crippen LogP contribution in [0.4, 0.5) is 0 Å². The predicted molar refractivity (Wildman–Crippen MR) is 93.6 cm³/mol. The number of sulfonamides is 1. The summed E-state index contributed by atoms with van der Waals surface area (Å²) >= 11 is 0. The van der Waals surface area contributed by atoms with Crippen molar-refractivity contribution in [1.82, 2.24) is 4.31 Å². The molecule has 0 aliphatic carbocycles. The van der Waals surface area contributed by atoms with Crippen LogP contribution in [0.2, 0.25) is 0 Å². The number of hydrogen-bond acceptors (Lipinski definition) is 3. The molecule has 1 rings (SSSR count). The van der Waals surface area contributed by atoms with E-state index in [2.05, 4.69) is 20.8 Å². The molecule has 0 N–H and O–H groups in total. The van der Waals surface area contributed by atoms with E-state index in [1.54, 1.807) is 12.1 Å². The Hall–Kier alpha value is -1.38. The fraction of sp³-hybridized carbons (Fsp3) is 0.611. The van der Waals surface area contributed by atoms with Crippen LogP contribution in [-0.4, -0.2) is 25.8 Å². The molecule has 0 radical (unpaired) electrons. The Balaban J connectivity index is 3.16. The summed E-state index contributed by atoms with van der Waals surface area (Å²) in [5, 5.41) is 8.80. The lowest BCUT2D eigenvalue weighted by Gasteiger charge is -2.29. The Morgan fingerprint density at radius 2 is 1.57 bits per heavy atom. The fourth-order valence-electron chi connectivity index (χ4n) is 2.26. The number of rotatable bonds is 5. The van der Waals surface area contributed by atoms with Crippen molar-refractivity contribution in [2.24, 2.45) is 5.41 Å². The summed E-state index contributed by atoms with van der Waals surface area (Å²) in [6.07, 6.45) is 0.190. The third kappa shape index (κ3) is 5.63. The van der Waals surface area contributed by atoms with E-state index in [0.29, 0.717) is 6.54 Å². The average Bonchev–Trinajstić information content (AvgIpc) is 2.41. The van der Waals surface area contributed by atoms with Gasteiger partial charge < -0.3 is 0 Å². The van der Waals surface area contributed by atoms with Gasteiger partial charge in [-0.25, -0.2) is 8.42 Å². The van der Waals surface area contributed by atoms with Gasteiger partial charge in [-0.3, -0.25) is 0 Å². The van der Waals surface area contributed by atoms with E-state index in [1.807, 2.05) is 39.0 Å². The average molecular weight is 337 g/mol. The van der Waals surface area contributed by atoms with Crippen molar-refractivity contribution in [3.8, 4) is 6.07 Å². The lowest BCUT2D eigenvalue weighted by molar-refractivity contribution is 0.285. The zero-order chi connectivity index (χ0) is 17.9. The molecule has 0 unspecified atom stereocenters. The van der Waals surface area contributed by atoms with Crippen LogP contribution in [0.3, 0.4) is 0 Å². The first-order valence-electron chi connectivity index (χ1n) is 7.85. The van der Waals surface area contributed by atoms with Gasteiger partial charge >= 0.3 is 0 Å². The monoisotopic (exact) mass is 336 g/mol. The highest BCUT2D eigenvalue weighted by Gasteiger charge is 2.28. The lowest BCUT2D eigenvalue weighted by Crippen LogP contribution is -2.38. The molecule has 0 atom stereocenters. The molecule has 0 saturated carbocycles. The molecule has 0 aromatic heterocycles. The minimum absolute atomic E-state index is 0.0196. The lowest BCUT2D eigenvalue weighted by atomic mass is 9.87. The first-order valence-corrected chi connectivity index (χ1v) is 9.29. The highest BCUT2D eigenvalue weighted by atomic mass is 32.2. The molecular formula is C18H28N2O2S.